The quantitative estimate of drug-likeness (QED) is 0.803. The third kappa shape index (κ3) is 3.11. The van der Waals surface area contributed by atoms with Crippen LogP contribution in [0.3, 0.4) is 0 Å². The monoisotopic (exact) mass is 268 g/mol. The van der Waals surface area contributed by atoms with Crippen molar-refractivity contribution in [3.05, 3.63) is 0 Å². The van der Waals surface area contributed by atoms with E-state index < -0.39 is 0 Å². The van der Waals surface area contributed by atoms with Gasteiger partial charge in [-0.2, -0.15) is 0 Å². The highest BCUT2D eigenvalue weighted by molar-refractivity contribution is 5.84. The van der Waals surface area contributed by atoms with Gasteiger partial charge in [0.05, 0.1) is 24.4 Å². The zero-order valence-electron chi connectivity index (χ0n) is 12.5. The summed E-state index contributed by atoms with van der Waals surface area (Å²) in [5.74, 6) is 0.281. The molecule has 0 aliphatic carbocycles. The number of nitrogens with one attached hydrogen (secondary N) is 1. The standard InChI is InChI=1S/C15H28N2O2/c1-4-7-12-15(18)17(14(16-12)8-5-2)11(3)13-9-6-10-19-13/h11-14,16H,4-10H2,1-3H3. The van der Waals surface area contributed by atoms with Gasteiger partial charge in [-0.15, -0.1) is 0 Å². The summed E-state index contributed by atoms with van der Waals surface area (Å²) in [5, 5.41) is 3.52. The first-order valence-corrected chi connectivity index (χ1v) is 7.88. The van der Waals surface area contributed by atoms with Gasteiger partial charge in [0.15, 0.2) is 0 Å². The van der Waals surface area contributed by atoms with Crippen LogP contribution in [0, 0.1) is 0 Å². The van der Waals surface area contributed by atoms with E-state index in [2.05, 4.69) is 31.0 Å². The lowest BCUT2D eigenvalue weighted by atomic mass is 10.1. The molecule has 1 amide bonds. The van der Waals surface area contributed by atoms with Crippen molar-refractivity contribution in [1.29, 1.82) is 0 Å². The topological polar surface area (TPSA) is 41.6 Å². The van der Waals surface area contributed by atoms with Crippen molar-refractivity contribution >= 4 is 5.91 Å². The number of hydrogen-bond acceptors (Lipinski definition) is 3. The fourth-order valence-electron chi connectivity index (χ4n) is 3.36. The molecule has 0 saturated carbocycles. The van der Waals surface area contributed by atoms with Gasteiger partial charge in [-0.1, -0.05) is 26.7 Å². The van der Waals surface area contributed by atoms with Crippen LogP contribution in [0.25, 0.3) is 0 Å². The van der Waals surface area contributed by atoms with Gasteiger partial charge in [-0.3, -0.25) is 10.1 Å². The molecule has 4 unspecified atom stereocenters. The Balaban J connectivity index is 2.07. The number of rotatable bonds is 6. The van der Waals surface area contributed by atoms with Crippen LogP contribution in [-0.2, 0) is 9.53 Å². The first-order valence-electron chi connectivity index (χ1n) is 7.88. The minimum Gasteiger partial charge on any atom is -0.376 e. The summed E-state index contributed by atoms with van der Waals surface area (Å²) in [7, 11) is 0. The molecule has 110 valence electrons. The SMILES string of the molecule is CCCC1NC(CCC)N(C(C)C2CCCO2)C1=O. The molecule has 4 nitrogen and oxygen atoms in total. The minimum absolute atomic E-state index is 0.0189. The van der Waals surface area contributed by atoms with Gasteiger partial charge in [0.1, 0.15) is 0 Å². The predicted molar refractivity (Wildman–Crippen MR) is 75.8 cm³/mol. The largest absolute Gasteiger partial charge is 0.376 e. The Labute approximate surface area is 116 Å². The van der Waals surface area contributed by atoms with Crippen LogP contribution in [0.1, 0.15) is 59.3 Å². The van der Waals surface area contributed by atoms with E-state index in [1.54, 1.807) is 0 Å². The van der Waals surface area contributed by atoms with E-state index in [4.69, 9.17) is 4.74 Å². The average Bonchev–Trinajstić information content (AvgIpc) is 3.00. The highest BCUT2D eigenvalue weighted by Crippen LogP contribution is 2.26. The molecular formula is C15H28N2O2. The Morgan fingerprint density at radius 1 is 1.37 bits per heavy atom. The Morgan fingerprint density at radius 3 is 2.68 bits per heavy atom. The van der Waals surface area contributed by atoms with Gasteiger partial charge < -0.3 is 9.64 Å². The maximum Gasteiger partial charge on any atom is 0.241 e. The molecule has 0 spiro atoms. The number of carbonyl (C=O) groups excluding carboxylic acids is 1. The first-order chi connectivity index (χ1) is 9.19. The highest BCUT2D eigenvalue weighted by Gasteiger charge is 2.42. The van der Waals surface area contributed by atoms with Crippen LogP contribution in [0.2, 0.25) is 0 Å². The maximum atomic E-state index is 12.6. The second-order valence-electron chi connectivity index (χ2n) is 5.85. The van der Waals surface area contributed by atoms with Crippen molar-refractivity contribution in [2.75, 3.05) is 6.61 Å². The minimum atomic E-state index is 0.0189. The molecule has 4 atom stereocenters. The summed E-state index contributed by atoms with van der Waals surface area (Å²) in [6.45, 7) is 7.30. The van der Waals surface area contributed by atoms with Gasteiger partial charge in [0, 0.05) is 6.61 Å². The van der Waals surface area contributed by atoms with Gasteiger partial charge in [0.25, 0.3) is 0 Å². The molecule has 2 aliphatic rings. The van der Waals surface area contributed by atoms with Crippen molar-refractivity contribution < 1.29 is 9.53 Å². The van der Waals surface area contributed by atoms with Crippen molar-refractivity contribution in [2.24, 2.45) is 0 Å². The van der Waals surface area contributed by atoms with Gasteiger partial charge in [0.2, 0.25) is 5.91 Å². The van der Waals surface area contributed by atoms with Gasteiger partial charge >= 0.3 is 0 Å². The molecule has 4 heteroatoms. The Kier molecular flexibility index (Phi) is 5.22. The van der Waals surface area contributed by atoms with Crippen LogP contribution >= 0.6 is 0 Å². The van der Waals surface area contributed by atoms with Crippen LogP contribution in [0.4, 0.5) is 0 Å². The zero-order valence-corrected chi connectivity index (χ0v) is 12.5. The van der Waals surface area contributed by atoms with Crippen LogP contribution in [0.5, 0.6) is 0 Å². The molecule has 0 aromatic rings. The smallest absolute Gasteiger partial charge is 0.241 e. The molecule has 2 heterocycles. The normalized spacial score (nSPS) is 33.1. The van der Waals surface area contributed by atoms with Gasteiger partial charge in [-0.05, 0) is 32.6 Å². The molecule has 2 aliphatic heterocycles. The molecule has 2 fully saturated rings. The van der Waals surface area contributed by atoms with E-state index in [1.165, 1.54) is 0 Å². The van der Waals surface area contributed by atoms with E-state index in [-0.39, 0.29) is 30.3 Å². The number of carbonyl (C=O) groups is 1. The van der Waals surface area contributed by atoms with Crippen LogP contribution in [-0.4, -0.2) is 41.8 Å². The second kappa shape index (κ2) is 6.71. The fraction of sp³-hybridized carbons (Fsp3) is 0.933. The molecule has 0 radical (unpaired) electrons. The van der Waals surface area contributed by atoms with Crippen LogP contribution < -0.4 is 5.32 Å². The van der Waals surface area contributed by atoms with E-state index in [9.17, 15) is 4.79 Å². The summed E-state index contributed by atoms with van der Waals surface area (Å²) >= 11 is 0. The first kappa shape index (κ1) is 14.8. The Morgan fingerprint density at radius 2 is 2.11 bits per heavy atom. The van der Waals surface area contributed by atoms with Gasteiger partial charge in [-0.25, -0.2) is 0 Å². The molecule has 0 aromatic heterocycles. The second-order valence-corrected chi connectivity index (χ2v) is 5.85. The molecule has 2 rings (SSSR count). The lowest BCUT2D eigenvalue weighted by Crippen LogP contribution is -2.48. The van der Waals surface area contributed by atoms with E-state index in [1.807, 2.05) is 0 Å². The molecular weight excluding hydrogens is 240 g/mol. The zero-order chi connectivity index (χ0) is 13.8. The summed E-state index contributed by atoms with van der Waals surface area (Å²) in [4.78, 5) is 14.7. The summed E-state index contributed by atoms with van der Waals surface area (Å²) in [5.41, 5.74) is 0. The third-order valence-corrected chi connectivity index (χ3v) is 4.36. The third-order valence-electron chi connectivity index (χ3n) is 4.36. The predicted octanol–water partition coefficient (Wildman–Crippen LogP) is 2.28. The number of hydrogen-bond donors (Lipinski definition) is 1. The number of nitrogens with zero attached hydrogens (tertiary/aromatic N) is 1. The lowest BCUT2D eigenvalue weighted by Gasteiger charge is -2.33. The molecule has 1 N–H and O–H groups in total. The highest BCUT2D eigenvalue weighted by atomic mass is 16.5. The van der Waals surface area contributed by atoms with Crippen molar-refractivity contribution in [1.82, 2.24) is 10.2 Å². The van der Waals surface area contributed by atoms with Crippen LogP contribution in [0.15, 0.2) is 0 Å². The lowest BCUT2D eigenvalue weighted by molar-refractivity contribution is -0.134. The van der Waals surface area contributed by atoms with E-state index >= 15 is 0 Å². The molecule has 0 aromatic carbocycles. The van der Waals surface area contributed by atoms with Crippen molar-refractivity contribution in [3.63, 3.8) is 0 Å². The number of ether oxygens (including phenoxy) is 1. The Bertz CT molecular complexity index is 303. The average molecular weight is 268 g/mol. The fourth-order valence-corrected chi connectivity index (χ4v) is 3.36. The summed E-state index contributed by atoms with van der Waals surface area (Å²) < 4.78 is 5.78. The Hall–Kier alpha value is -0.610. The molecule has 19 heavy (non-hydrogen) atoms. The maximum absolute atomic E-state index is 12.6. The van der Waals surface area contributed by atoms with Crippen molar-refractivity contribution in [3.8, 4) is 0 Å². The summed E-state index contributed by atoms with van der Waals surface area (Å²) in [6, 6.07) is 0.214. The van der Waals surface area contributed by atoms with Crippen molar-refractivity contribution in [2.45, 2.75) is 83.6 Å². The van der Waals surface area contributed by atoms with E-state index in [0.717, 1.165) is 45.1 Å². The molecule has 0 bridgehead atoms. The summed E-state index contributed by atoms with van der Waals surface area (Å²) in [6.07, 6.45) is 6.75. The number of amides is 1. The molecule has 2 saturated heterocycles. The van der Waals surface area contributed by atoms with E-state index in [0.29, 0.717) is 0 Å².